The molecule has 40 heavy (non-hydrogen) atoms. The summed E-state index contributed by atoms with van der Waals surface area (Å²) in [5.41, 5.74) is 2.15. The number of aliphatic hydroxyl groups is 1. The second-order valence-corrected chi connectivity index (χ2v) is 10.2. The van der Waals surface area contributed by atoms with Crippen LogP contribution in [0.5, 0.6) is 11.5 Å². The van der Waals surface area contributed by atoms with Gasteiger partial charge in [0.15, 0.2) is 0 Å². The Morgan fingerprint density at radius 3 is 2.50 bits per heavy atom. The van der Waals surface area contributed by atoms with Crippen molar-refractivity contribution in [3.63, 3.8) is 0 Å². The first kappa shape index (κ1) is 29.4. The fourth-order valence-corrected chi connectivity index (χ4v) is 5.09. The molecule has 2 heterocycles. The smallest absolute Gasteiger partial charge is 0.295 e. The number of ketones is 1. The zero-order valence-electron chi connectivity index (χ0n) is 23.6. The number of hydrogen-bond acceptors (Lipinski definition) is 7. The van der Waals surface area contributed by atoms with Crippen molar-refractivity contribution < 1.29 is 28.9 Å². The van der Waals surface area contributed by atoms with Crippen molar-refractivity contribution in [2.75, 3.05) is 52.6 Å². The van der Waals surface area contributed by atoms with Crippen LogP contribution in [0.1, 0.15) is 48.9 Å². The molecule has 4 rings (SSSR count). The summed E-state index contributed by atoms with van der Waals surface area (Å²) in [6.07, 6.45) is 4.35. The van der Waals surface area contributed by atoms with Crippen molar-refractivity contribution >= 4 is 17.4 Å². The lowest BCUT2D eigenvalue weighted by atomic mass is 9.94. The van der Waals surface area contributed by atoms with Gasteiger partial charge in [-0.3, -0.25) is 14.5 Å². The van der Waals surface area contributed by atoms with E-state index < -0.39 is 17.7 Å². The van der Waals surface area contributed by atoms with Crippen LogP contribution in [0.4, 0.5) is 0 Å². The van der Waals surface area contributed by atoms with Crippen LogP contribution in [-0.2, 0) is 14.3 Å². The molecule has 1 N–H and O–H groups in total. The van der Waals surface area contributed by atoms with Crippen molar-refractivity contribution in [3.8, 4) is 11.5 Å². The Morgan fingerprint density at radius 2 is 1.82 bits per heavy atom. The van der Waals surface area contributed by atoms with Gasteiger partial charge >= 0.3 is 0 Å². The number of aliphatic hydroxyl groups excluding tert-OH is 1. The number of rotatable bonds is 13. The average Bonchev–Trinajstić information content (AvgIpc) is 3.22. The summed E-state index contributed by atoms with van der Waals surface area (Å²) in [5.74, 6) is -0.0739. The number of carbonyl (C=O) groups is 2. The van der Waals surface area contributed by atoms with Gasteiger partial charge in [0.1, 0.15) is 23.9 Å². The highest BCUT2D eigenvalue weighted by Crippen LogP contribution is 2.40. The zero-order valence-corrected chi connectivity index (χ0v) is 23.6. The van der Waals surface area contributed by atoms with E-state index in [0.29, 0.717) is 50.7 Å². The first-order valence-corrected chi connectivity index (χ1v) is 14.1. The number of unbranched alkanes of at least 4 members (excludes halogenated alkanes) is 1. The molecule has 0 bridgehead atoms. The maximum atomic E-state index is 13.4. The highest BCUT2D eigenvalue weighted by molar-refractivity contribution is 6.46. The highest BCUT2D eigenvalue weighted by atomic mass is 16.5. The fraction of sp³-hybridized carbons (Fsp3) is 0.438. The number of benzene rings is 2. The molecule has 0 radical (unpaired) electrons. The minimum absolute atomic E-state index is 0.0928. The third-order valence-corrected chi connectivity index (χ3v) is 7.28. The second kappa shape index (κ2) is 14.1. The van der Waals surface area contributed by atoms with Crippen LogP contribution in [0.25, 0.3) is 5.76 Å². The lowest BCUT2D eigenvalue weighted by molar-refractivity contribution is -0.140. The maximum absolute atomic E-state index is 13.4. The summed E-state index contributed by atoms with van der Waals surface area (Å²) < 4.78 is 16.9. The largest absolute Gasteiger partial charge is 0.507 e. The minimum atomic E-state index is -0.709. The van der Waals surface area contributed by atoms with Crippen LogP contribution in [0.3, 0.4) is 0 Å². The summed E-state index contributed by atoms with van der Waals surface area (Å²) in [7, 11) is 0. The maximum Gasteiger partial charge on any atom is 0.295 e. The quantitative estimate of drug-likeness (QED) is 0.125. The molecule has 1 unspecified atom stereocenters. The molecular formula is C32H40N2O6. The lowest BCUT2D eigenvalue weighted by Gasteiger charge is -2.29. The average molecular weight is 549 g/mol. The van der Waals surface area contributed by atoms with Crippen molar-refractivity contribution in [1.82, 2.24) is 9.80 Å². The Hall–Kier alpha value is -3.62. The van der Waals surface area contributed by atoms with Gasteiger partial charge in [-0.1, -0.05) is 38.1 Å². The topological polar surface area (TPSA) is 88.5 Å². The molecule has 1 amide bonds. The van der Waals surface area contributed by atoms with Crippen molar-refractivity contribution in [2.45, 2.75) is 39.2 Å². The predicted octanol–water partition coefficient (Wildman–Crippen LogP) is 4.88. The van der Waals surface area contributed by atoms with Gasteiger partial charge in [0, 0.05) is 31.7 Å². The molecule has 2 aromatic carbocycles. The number of hydrogen-bond donors (Lipinski definition) is 1. The van der Waals surface area contributed by atoms with Crippen LogP contribution in [0.15, 0.2) is 60.7 Å². The normalized spacial score (nSPS) is 19.1. The monoisotopic (exact) mass is 548 g/mol. The molecule has 0 aromatic heterocycles. The Kier molecular flexibility index (Phi) is 10.4. The number of nitrogens with zero attached hydrogens (tertiary/aromatic N) is 2. The van der Waals surface area contributed by atoms with Crippen LogP contribution in [0.2, 0.25) is 0 Å². The Balaban J connectivity index is 1.65. The molecular weight excluding hydrogens is 508 g/mol. The molecule has 214 valence electrons. The molecule has 8 heteroatoms. The van der Waals surface area contributed by atoms with Crippen molar-refractivity contribution in [1.29, 1.82) is 0 Å². The van der Waals surface area contributed by atoms with E-state index >= 15 is 0 Å². The van der Waals surface area contributed by atoms with Gasteiger partial charge in [0.25, 0.3) is 11.7 Å². The van der Waals surface area contributed by atoms with Gasteiger partial charge in [-0.25, -0.2) is 0 Å². The first-order valence-electron chi connectivity index (χ1n) is 14.1. The SMILES string of the molecule is C=CCOc1ccc(C2C(=C(O)c3ccc(OCCCC)c(C)c3)C(=O)C(=O)N2CCCN2CCOCC2)cc1. The molecule has 2 aromatic rings. The summed E-state index contributed by atoms with van der Waals surface area (Å²) in [6.45, 7) is 13.0. The van der Waals surface area contributed by atoms with E-state index in [2.05, 4.69) is 18.4 Å². The van der Waals surface area contributed by atoms with E-state index in [-0.39, 0.29) is 11.3 Å². The number of aryl methyl sites for hydroxylation is 1. The Morgan fingerprint density at radius 1 is 1.07 bits per heavy atom. The Bertz CT molecular complexity index is 1220. The second-order valence-electron chi connectivity index (χ2n) is 10.2. The number of likely N-dealkylation sites (tertiary alicyclic amines) is 1. The third kappa shape index (κ3) is 6.92. The van der Waals surface area contributed by atoms with Crippen LogP contribution < -0.4 is 9.47 Å². The summed E-state index contributed by atoms with van der Waals surface area (Å²) in [5, 5.41) is 11.5. The third-order valence-electron chi connectivity index (χ3n) is 7.28. The lowest BCUT2D eigenvalue weighted by Crippen LogP contribution is -2.38. The summed E-state index contributed by atoms with van der Waals surface area (Å²) in [6, 6.07) is 11.9. The van der Waals surface area contributed by atoms with E-state index in [1.165, 1.54) is 0 Å². The molecule has 2 aliphatic heterocycles. The van der Waals surface area contributed by atoms with E-state index in [1.54, 1.807) is 41.3 Å². The molecule has 0 aliphatic carbocycles. The molecule has 8 nitrogen and oxygen atoms in total. The van der Waals surface area contributed by atoms with Gasteiger partial charge in [-0.15, -0.1) is 0 Å². The number of ether oxygens (including phenoxy) is 3. The summed E-state index contributed by atoms with van der Waals surface area (Å²) in [4.78, 5) is 30.6. The van der Waals surface area contributed by atoms with Crippen LogP contribution in [-0.4, -0.2) is 79.2 Å². The minimum Gasteiger partial charge on any atom is -0.507 e. The highest BCUT2D eigenvalue weighted by Gasteiger charge is 2.45. The number of morpholine rings is 1. The fourth-order valence-electron chi connectivity index (χ4n) is 5.09. The van der Waals surface area contributed by atoms with Gasteiger partial charge in [-0.05, 0) is 61.2 Å². The molecule has 2 aliphatic rings. The van der Waals surface area contributed by atoms with Crippen molar-refractivity contribution in [3.05, 3.63) is 77.4 Å². The number of carbonyl (C=O) groups excluding carboxylic acids is 2. The number of amides is 1. The summed E-state index contributed by atoms with van der Waals surface area (Å²) >= 11 is 0. The van der Waals surface area contributed by atoms with Crippen molar-refractivity contribution in [2.24, 2.45) is 0 Å². The van der Waals surface area contributed by atoms with Crippen LogP contribution >= 0.6 is 0 Å². The molecule has 0 spiro atoms. The molecule has 2 saturated heterocycles. The van der Waals surface area contributed by atoms with E-state index in [0.717, 1.165) is 49.4 Å². The molecule has 0 saturated carbocycles. The van der Waals surface area contributed by atoms with E-state index in [9.17, 15) is 14.7 Å². The van der Waals surface area contributed by atoms with E-state index in [4.69, 9.17) is 14.2 Å². The predicted molar refractivity (Wildman–Crippen MR) is 155 cm³/mol. The zero-order chi connectivity index (χ0) is 28.5. The van der Waals surface area contributed by atoms with Gasteiger partial charge in [0.05, 0.1) is 31.4 Å². The van der Waals surface area contributed by atoms with Gasteiger partial charge in [-0.2, -0.15) is 0 Å². The van der Waals surface area contributed by atoms with E-state index in [1.807, 2.05) is 19.1 Å². The van der Waals surface area contributed by atoms with Gasteiger partial charge in [0.2, 0.25) is 0 Å². The Labute approximate surface area is 236 Å². The van der Waals surface area contributed by atoms with Gasteiger partial charge < -0.3 is 24.2 Å². The molecule has 1 atom stereocenters. The molecule has 2 fully saturated rings. The first-order chi connectivity index (χ1) is 19.4. The number of Topliss-reactive ketones (excluding diaryl/α,β-unsaturated/α-hetero) is 1. The standard InChI is InChI=1S/C32H40N2O6/c1-4-6-19-40-27-13-10-25(22-23(27)3)30(35)28-29(24-8-11-26(12-9-24)39-18-5-2)34(32(37)31(28)36)15-7-14-33-16-20-38-21-17-33/h5,8-13,22,29,35H,2,4,6-7,14-21H2,1,3H3. The van der Waals surface area contributed by atoms with Crippen LogP contribution in [0, 0.1) is 6.92 Å².